The van der Waals surface area contributed by atoms with Crippen LogP contribution in [0.2, 0.25) is 0 Å². The number of hydrogen-bond acceptors (Lipinski definition) is 2. The Morgan fingerprint density at radius 1 is 1.06 bits per heavy atom. The van der Waals surface area contributed by atoms with Gasteiger partial charge in [0.15, 0.2) is 5.78 Å². The fourth-order valence-electron chi connectivity index (χ4n) is 4.75. The van der Waals surface area contributed by atoms with Gasteiger partial charge in [0.25, 0.3) is 0 Å². The molecule has 4 saturated carbocycles. The molecule has 0 saturated heterocycles. The van der Waals surface area contributed by atoms with E-state index in [9.17, 15) is 4.79 Å². The van der Waals surface area contributed by atoms with E-state index >= 15 is 0 Å². The van der Waals surface area contributed by atoms with Gasteiger partial charge in [0.05, 0.1) is 0 Å². The summed E-state index contributed by atoms with van der Waals surface area (Å²) in [6, 6.07) is 0. The van der Waals surface area contributed by atoms with Crippen LogP contribution >= 0.6 is 0 Å². The molecule has 2 nitrogen and oxygen atoms in total. The lowest BCUT2D eigenvalue weighted by molar-refractivity contribution is -0.140. The molecule has 0 aliphatic heterocycles. The summed E-state index contributed by atoms with van der Waals surface area (Å²) >= 11 is 0. The van der Waals surface area contributed by atoms with E-state index in [0.717, 1.165) is 11.8 Å². The van der Waals surface area contributed by atoms with Gasteiger partial charge in [0, 0.05) is 12.5 Å². The van der Waals surface area contributed by atoms with Crippen molar-refractivity contribution in [2.45, 2.75) is 39.0 Å². The van der Waals surface area contributed by atoms with Crippen LogP contribution in [0.3, 0.4) is 0 Å². The summed E-state index contributed by atoms with van der Waals surface area (Å²) in [5, 5.41) is 0. The van der Waals surface area contributed by atoms with Gasteiger partial charge in [-0.2, -0.15) is 0 Å². The highest BCUT2D eigenvalue weighted by molar-refractivity contribution is 5.83. The second-order valence-corrected chi connectivity index (χ2v) is 6.06. The number of ether oxygens (including phenoxy) is 1. The van der Waals surface area contributed by atoms with Crippen LogP contribution in [-0.4, -0.2) is 19.0 Å². The highest BCUT2D eigenvalue weighted by Crippen LogP contribution is 2.56. The number of ketones is 1. The van der Waals surface area contributed by atoms with Crippen molar-refractivity contribution in [1.29, 1.82) is 0 Å². The summed E-state index contributed by atoms with van der Waals surface area (Å²) in [7, 11) is 0. The Balaban J connectivity index is 1.69. The minimum Gasteiger partial charge on any atom is -0.374 e. The lowest BCUT2D eigenvalue weighted by atomic mass is 9.51. The summed E-state index contributed by atoms with van der Waals surface area (Å²) < 4.78 is 5.30. The fourth-order valence-corrected chi connectivity index (χ4v) is 4.75. The van der Waals surface area contributed by atoms with Crippen LogP contribution in [0.5, 0.6) is 0 Å². The van der Waals surface area contributed by atoms with Gasteiger partial charge in [0.2, 0.25) is 0 Å². The number of rotatable bonds is 4. The lowest BCUT2D eigenvalue weighted by Gasteiger charge is -2.53. The molecule has 16 heavy (non-hydrogen) atoms. The second-order valence-electron chi connectivity index (χ2n) is 6.06. The van der Waals surface area contributed by atoms with Crippen LogP contribution in [-0.2, 0) is 9.53 Å². The molecule has 0 radical (unpaired) electrons. The molecule has 0 aromatic heterocycles. The molecular formula is C14H22O2. The molecule has 2 heteroatoms. The Bertz CT molecular complexity index is 256. The Hall–Kier alpha value is -0.370. The monoisotopic (exact) mass is 222 g/mol. The van der Waals surface area contributed by atoms with Crippen molar-refractivity contribution in [3.05, 3.63) is 0 Å². The zero-order valence-electron chi connectivity index (χ0n) is 10.2. The van der Waals surface area contributed by atoms with E-state index in [1.165, 1.54) is 32.1 Å². The van der Waals surface area contributed by atoms with Crippen molar-refractivity contribution in [2.24, 2.45) is 29.6 Å². The van der Waals surface area contributed by atoms with Crippen LogP contribution in [0.1, 0.15) is 39.0 Å². The Kier molecular flexibility index (Phi) is 2.78. The third kappa shape index (κ3) is 1.71. The van der Waals surface area contributed by atoms with Gasteiger partial charge in [-0.05, 0) is 62.7 Å². The van der Waals surface area contributed by atoms with E-state index in [1.807, 2.05) is 6.92 Å². The van der Waals surface area contributed by atoms with Crippen molar-refractivity contribution < 1.29 is 9.53 Å². The van der Waals surface area contributed by atoms with E-state index < -0.39 is 0 Å². The van der Waals surface area contributed by atoms with E-state index in [4.69, 9.17) is 4.74 Å². The summed E-state index contributed by atoms with van der Waals surface area (Å²) in [5.41, 5.74) is 0. The first kappa shape index (κ1) is 10.8. The Morgan fingerprint density at radius 3 is 2.12 bits per heavy atom. The van der Waals surface area contributed by atoms with Crippen LogP contribution in [0.4, 0.5) is 0 Å². The molecule has 4 aliphatic carbocycles. The fraction of sp³-hybridized carbons (Fsp3) is 0.929. The van der Waals surface area contributed by atoms with Crippen molar-refractivity contribution in [2.75, 3.05) is 13.2 Å². The van der Waals surface area contributed by atoms with Gasteiger partial charge in [-0.1, -0.05) is 0 Å². The molecule has 4 bridgehead atoms. The SMILES string of the molecule is CCOCC(=O)C1C2CC3CC(C2)CC1C3. The maximum absolute atomic E-state index is 12.2. The number of hydrogen-bond donors (Lipinski definition) is 0. The molecule has 0 heterocycles. The molecule has 0 atom stereocenters. The van der Waals surface area contributed by atoms with Crippen LogP contribution in [0, 0.1) is 29.6 Å². The summed E-state index contributed by atoms with van der Waals surface area (Å²) in [5.74, 6) is 4.10. The largest absolute Gasteiger partial charge is 0.374 e. The first-order chi connectivity index (χ1) is 7.78. The number of carbonyl (C=O) groups is 1. The molecule has 0 spiro atoms. The lowest BCUT2D eigenvalue weighted by Crippen LogP contribution is -2.48. The molecule has 0 aromatic rings. The summed E-state index contributed by atoms with van der Waals surface area (Å²) in [6.45, 7) is 2.99. The van der Waals surface area contributed by atoms with Gasteiger partial charge < -0.3 is 4.74 Å². The molecular weight excluding hydrogens is 200 g/mol. The third-order valence-electron chi connectivity index (χ3n) is 5.05. The maximum Gasteiger partial charge on any atom is 0.162 e. The van der Waals surface area contributed by atoms with E-state index in [-0.39, 0.29) is 0 Å². The quantitative estimate of drug-likeness (QED) is 0.731. The maximum atomic E-state index is 12.2. The van der Waals surface area contributed by atoms with Crippen LogP contribution in [0.15, 0.2) is 0 Å². The second kappa shape index (κ2) is 4.14. The first-order valence-electron chi connectivity index (χ1n) is 6.88. The van der Waals surface area contributed by atoms with Gasteiger partial charge in [-0.3, -0.25) is 4.79 Å². The van der Waals surface area contributed by atoms with E-state index in [2.05, 4.69) is 0 Å². The van der Waals surface area contributed by atoms with Crippen molar-refractivity contribution >= 4 is 5.78 Å². The average Bonchev–Trinajstić information content (AvgIpc) is 2.24. The van der Waals surface area contributed by atoms with Gasteiger partial charge in [0.1, 0.15) is 6.61 Å². The summed E-state index contributed by atoms with van der Waals surface area (Å²) in [6.07, 6.45) is 6.77. The molecule has 4 rings (SSSR count). The van der Waals surface area contributed by atoms with Crippen LogP contribution in [0.25, 0.3) is 0 Å². The topological polar surface area (TPSA) is 26.3 Å². The van der Waals surface area contributed by atoms with Crippen molar-refractivity contribution in [3.63, 3.8) is 0 Å². The molecule has 90 valence electrons. The molecule has 0 N–H and O–H groups in total. The molecule has 4 fully saturated rings. The first-order valence-corrected chi connectivity index (χ1v) is 6.88. The Morgan fingerprint density at radius 2 is 1.62 bits per heavy atom. The molecule has 0 amide bonds. The Labute approximate surface area is 97.7 Å². The average molecular weight is 222 g/mol. The number of carbonyl (C=O) groups excluding carboxylic acids is 1. The predicted molar refractivity (Wildman–Crippen MR) is 62.0 cm³/mol. The van der Waals surface area contributed by atoms with Crippen molar-refractivity contribution in [3.8, 4) is 0 Å². The van der Waals surface area contributed by atoms with E-state index in [0.29, 0.717) is 36.8 Å². The number of Topliss-reactive ketones (excluding diaryl/α,β-unsaturated/α-hetero) is 1. The smallest absolute Gasteiger partial charge is 0.162 e. The van der Waals surface area contributed by atoms with E-state index in [1.54, 1.807) is 0 Å². The van der Waals surface area contributed by atoms with Crippen LogP contribution < -0.4 is 0 Å². The highest BCUT2D eigenvalue weighted by atomic mass is 16.5. The minimum atomic E-state index is 0.361. The summed E-state index contributed by atoms with van der Waals surface area (Å²) in [4.78, 5) is 12.2. The van der Waals surface area contributed by atoms with Gasteiger partial charge in [-0.15, -0.1) is 0 Å². The predicted octanol–water partition coefficient (Wildman–Crippen LogP) is 2.66. The zero-order valence-corrected chi connectivity index (χ0v) is 10.2. The highest BCUT2D eigenvalue weighted by Gasteiger charge is 2.50. The van der Waals surface area contributed by atoms with Crippen molar-refractivity contribution in [1.82, 2.24) is 0 Å². The standard InChI is InChI=1S/C14H22O2/c1-2-16-8-13(15)14-11-4-9-3-10(6-11)7-12(14)5-9/h9-12,14H,2-8H2,1H3. The van der Waals surface area contributed by atoms with Gasteiger partial charge in [-0.25, -0.2) is 0 Å². The zero-order chi connectivity index (χ0) is 11.1. The minimum absolute atomic E-state index is 0.361. The van der Waals surface area contributed by atoms with Gasteiger partial charge >= 0.3 is 0 Å². The molecule has 4 aliphatic rings. The molecule has 0 aromatic carbocycles. The normalized spacial score (nSPS) is 44.9. The molecule has 0 unspecified atom stereocenters. The third-order valence-corrected chi connectivity index (χ3v) is 5.05.